The van der Waals surface area contributed by atoms with E-state index in [4.69, 9.17) is 10.2 Å². The van der Waals surface area contributed by atoms with Gasteiger partial charge in [-0.25, -0.2) is 0 Å². The molecule has 66 valence electrons. The van der Waals surface area contributed by atoms with Crippen LogP contribution in [0.25, 0.3) is 0 Å². The fourth-order valence-electron chi connectivity index (χ4n) is 0.487. The molecule has 3 N–H and O–H groups in total. The second-order valence-electron chi connectivity index (χ2n) is 1.78. The van der Waals surface area contributed by atoms with Gasteiger partial charge in [-0.05, 0) is 7.05 Å². The van der Waals surface area contributed by atoms with Crippen LogP contribution in [0.1, 0.15) is 6.42 Å². The highest BCUT2D eigenvalue weighted by atomic mass is 35.5. The molecule has 0 fully saturated rings. The maximum Gasteiger partial charge on any atom is 0.321 e. The van der Waals surface area contributed by atoms with Gasteiger partial charge in [-0.2, -0.15) is 0 Å². The highest BCUT2D eigenvalue weighted by molar-refractivity contribution is 5.85. The third kappa shape index (κ3) is 5.63. The Morgan fingerprint density at radius 2 is 1.91 bits per heavy atom. The van der Waals surface area contributed by atoms with Crippen molar-refractivity contribution in [2.45, 2.75) is 12.5 Å². The van der Waals surface area contributed by atoms with Crippen LogP contribution in [0.15, 0.2) is 0 Å². The predicted molar refractivity (Wildman–Crippen MR) is 40.0 cm³/mol. The normalized spacial score (nSPS) is 11.4. The maximum absolute atomic E-state index is 10.1. The van der Waals surface area contributed by atoms with E-state index in [-0.39, 0.29) is 12.4 Å². The lowest BCUT2D eigenvalue weighted by Gasteiger charge is -2.06. The minimum Gasteiger partial charge on any atom is -0.481 e. The van der Waals surface area contributed by atoms with Crippen molar-refractivity contribution in [2.24, 2.45) is 0 Å². The van der Waals surface area contributed by atoms with E-state index in [1.54, 1.807) is 0 Å². The van der Waals surface area contributed by atoms with Gasteiger partial charge in [-0.1, -0.05) is 0 Å². The second kappa shape index (κ2) is 5.94. The Labute approximate surface area is 69.8 Å². The lowest BCUT2D eigenvalue weighted by atomic mass is 10.2. The zero-order chi connectivity index (χ0) is 8.15. The van der Waals surface area contributed by atoms with E-state index in [9.17, 15) is 9.59 Å². The average molecular weight is 184 g/mol. The first-order valence-electron chi connectivity index (χ1n) is 2.69. The Bertz CT molecular complexity index is 149. The molecule has 0 rings (SSSR count). The number of hydrogen-bond acceptors (Lipinski definition) is 3. The molecule has 0 aromatic carbocycles. The van der Waals surface area contributed by atoms with Crippen molar-refractivity contribution in [1.82, 2.24) is 5.32 Å². The lowest BCUT2D eigenvalue weighted by molar-refractivity contribution is -0.145. The largest absolute Gasteiger partial charge is 0.481 e. The number of carboxylic acid groups (broad SMARTS) is 2. The molecule has 0 heterocycles. The quantitative estimate of drug-likeness (QED) is 0.550. The van der Waals surface area contributed by atoms with Crippen molar-refractivity contribution in [3.63, 3.8) is 0 Å². The standard InChI is InChI=1S/C5H9NO4.ClH/c1-6-3(5(9)10)2-4(7)8;/h3,6H,2H2,1H3,(H,7,8)(H,9,10);1H/t3-;/m0./s1. The van der Waals surface area contributed by atoms with E-state index >= 15 is 0 Å². The molecule has 0 radical (unpaired) electrons. The van der Waals surface area contributed by atoms with Crippen LogP contribution in [0.2, 0.25) is 0 Å². The SMILES string of the molecule is CN[C@@H](CC(=O)O)C(=O)O.Cl. The summed E-state index contributed by atoms with van der Waals surface area (Å²) in [6, 6.07) is -0.988. The highest BCUT2D eigenvalue weighted by Gasteiger charge is 2.17. The van der Waals surface area contributed by atoms with E-state index in [1.807, 2.05) is 0 Å². The fourth-order valence-corrected chi connectivity index (χ4v) is 0.487. The van der Waals surface area contributed by atoms with E-state index in [1.165, 1.54) is 7.05 Å². The van der Waals surface area contributed by atoms with Gasteiger partial charge in [0.1, 0.15) is 6.04 Å². The number of rotatable bonds is 4. The van der Waals surface area contributed by atoms with Crippen molar-refractivity contribution in [2.75, 3.05) is 7.05 Å². The Balaban J connectivity index is 0. The zero-order valence-corrected chi connectivity index (χ0v) is 6.72. The summed E-state index contributed by atoms with van der Waals surface area (Å²) in [5, 5.41) is 18.8. The lowest BCUT2D eigenvalue weighted by Crippen LogP contribution is -2.35. The number of carbonyl (C=O) groups is 2. The van der Waals surface area contributed by atoms with Gasteiger partial charge in [-0.3, -0.25) is 9.59 Å². The Morgan fingerprint density at radius 3 is 2.00 bits per heavy atom. The molecule has 11 heavy (non-hydrogen) atoms. The smallest absolute Gasteiger partial charge is 0.321 e. The van der Waals surface area contributed by atoms with Gasteiger partial charge in [-0.15, -0.1) is 12.4 Å². The Kier molecular flexibility index (Phi) is 6.92. The van der Waals surface area contributed by atoms with Crippen molar-refractivity contribution < 1.29 is 19.8 Å². The van der Waals surface area contributed by atoms with Gasteiger partial charge in [0.2, 0.25) is 0 Å². The molecule has 0 saturated carbocycles. The van der Waals surface area contributed by atoms with E-state index in [2.05, 4.69) is 5.32 Å². The minimum atomic E-state index is -1.15. The van der Waals surface area contributed by atoms with Crippen molar-refractivity contribution in [3.8, 4) is 0 Å². The van der Waals surface area contributed by atoms with E-state index in [0.717, 1.165) is 0 Å². The van der Waals surface area contributed by atoms with E-state index in [0.29, 0.717) is 0 Å². The number of hydrogen-bond donors (Lipinski definition) is 3. The third-order valence-corrected chi connectivity index (χ3v) is 1.03. The number of likely N-dealkylation sites (N-methyl/N-ethyl adjacent to an activating group) is 1. The zero-order valence-electron chi connectivity index (χ0n) is 5.90. The molecule has 0 aliphatic rings. The number of carboxylic acids is 2. The molecule has 0 unspecified atom stereocenters. The summed E-state index contributed by atoms with van der Waals surface area (Å²) in [7, 11) is 1.40. The van der Waals surface area contributed by atoms with Crippen molar-refractivity contribution >= 4 is 24.3 Å². The predicted octanol–water partition coefficient (Wildman–Crippen LogP) is -0.444. The molecule has 5 nitrogen and oxygen atoms in total. The van der Waals surface area contributed by atoms with Crippen LogP contribution < -0.4 is 5.32 Å². The Hall–Kier alpha value is -0.810. The third-order valence-electron chi connectivity index (χ3n) is 1.03. The molecule has 0 aliphatic heterocycles. The first-order valence-corrected chi connectivity index (χ1v) is 2.69. The minimum absolute atomic E-state index is 0. The molecule has 1 atom stereocenters. The first-order chi connectivity index (χ1) is 4.57. The Morgan fingerprint density at radius 1 is 1.45 bits per heavy atom. The highest BCUT2D eigenvalue weighted by Crippen LogP contribution is 1.89. The molecule has 0 amide bonds. The number of aliphatic carboxylic acids is 2. The van der Waals surface area contributed by atoms with Gasteiger partial charge in [0.05, 0.1) is 6.42 Å². The summed E-state index contributed by atoms with van der Waals surface area (Å²) < 4.78 is 0. The van der Waals surface area contributed by atoms with Gasteiger partial charge in [0.15, 0.2) is 0 Å². The van der Waals surface area contributed by atoms with Crippen LogP contribution in [0, 0.1) is 0 Å². The summed E-state index contributed by atoms with van der Waals surface area (Å²) in [6.45, 7) is 0. The number of nitrogens with one attached hydrogen (secondary N) is 1. The van der Waals surface area contributed by atoms with Gasteiger partial charge >= 0.3 is 11.9 Å². The van der Waals surface area contributed by atoms with Gasteiger partial charge < -0.3 is 15.5 Å². The van der Waals surface area contributed by atoms with Gasteiger partial charge in [0.25, 0.3) is 0 Å². The topological polar surface area (TPSA) is 86.6 Å². The van der Waals surface area contributed by atoms with Crippen LogP contribution in [-0.4, -0.2) is 35.2 Å². The first kappa shape index (κ1) is 12.8. The van der Waals surface area contributed by atoms with Crippen LogP contribution in [-0.2, 0) is 9.59 Å². The van der Waals surface area contributed by atoms with Crippen LogP contribution in [0.3, 0.4) is 0 Å². The molecule has 0 spiro atoms. The van der Waals surface area contributed by atoms with Crippen LogP contribution in [0.4, 0.5) is 0 Å². The summed E-state index contributed by atoms with van der Waals surface area (Å²) in [4.78, 5) is 20.1. The molecule has 0 aromatic rings. The van der Waals surface area contributed by atoms with E-state index < -0.39 is 24.4 Å². The van der Waals surface area contributed by atoms with Crippen LogP contribution >= 0.6 is 12.4 Å². The molecular weight excluding hydrogens is 174 g/mol. The molecule has 0 aliphatic carbocycles. The fraction of sp³-hybridized carbons (Fsp3) is 0.600. The summed E-state index contributed by atoms with van der Waals surface area (Å²) in [5.41, 5.74) is 0. The molecule has 0 aromatic heterocycles. The summed E-state index contributed by atoms with van der Waals surface area (Å²) >= 11 is 0. The second-order valence-corrected chi connectivity index (χ2v) is 1.78. The molecule has 0 saturated heterocycles. The average Bonchev–Trinajstić information content (AvgIpc) is 1.81. The van der Waals surface area contributed by atoms with Crippen LogP contribution in [0.5, 0.6) is 0 Å². The van der Waals surface area contributed by atoms with Gasteiger partial charge in [0, 0.05) is 0 Å². The maximum atomic E-state index is 10.1. The summed E-state index contributed by atoms with van der Waals surface area (Å²) in [6.07, 6.45) is -0.397. The van der Waals surface area contributed by atoms with Crippen molar-refractivity contribution in [1.29, 1.82) is 0 Å². The molecular formula is C5H10ClNO4. The monoisotopic (exact) mass is 183 g/mol. The molecule has 6 heteroatoms. The molecule has 0 bridgehead atoms. The number of halogens is 1. The van der Waals surface area contributed by atoms with Crippen molar-refractivity contribution in [3.05, 3.63) is 0 Å². The summed E-state index contributed by atoms with van der Waals surface area (Å²) in [5.74, 6) is -2.27.